The predicted molar refractivity (Wildman–Crippen MR) is 105 cm³/mol. The SMILES string of the molecule is CCOc1ccc(CN[C@H]2CCCN(Cc3ccccc3F)C2)cc1CO. The standard InChI is InChI=1S/C22H29FN2O2/c1-2-27-22-10-9-17(12-19(22)16-26)13-24-20-7-5-11-25(15-20)14-18-6-3-4-8-21(18)23/h3-4,6,8-10,12,20,24,26H,2,5,7,11,13-16H2,1H3/t20-/m0/s1. The first kappa shape index (κ1) is 19.8. The minimum Gasteiger partial charge on any atom is -0.494 e. The fraction of sp³-hybridized carbons (Fsp3) is 0.455. The molecule has 1 aliphatic rings. The Kier molecular flexibility index (Phi) is 7.21. The molecule has 0 aromatic heterocycles. The summed E-state index contributed by atoms with van der Waals surface area (Å²) in [6.45, 7) is 5.82. The van der Waals surface area contributed by atoms with E-state index in [2.05, 4.69) is 10.2 Å². The van der Waals surface area contributed by atoms with Crippen LogP contribution in [0.1, 0.15) is 36.5 Å². The summed E-state index contributed by atoms with van der Waals surface area (Å²) in [7, 11) is 0. The summed E-state index contributed by atoms with van der Waals surface area (Å²) in [5.74, 6) is 0.621. The molecule has 0 unspecified atom stereocenters. The second-order valence-electron chi connectivity index (χ2n) is 7.08. The van der Waals surface area contributed by atoms with Gasteiger partial charge in [-0.3, -0.25) is 4.90 Å². The quantitative estimate of drug-likeness (QED) is 0.745. The summed E-state index contributed by atoms with van der Waals surface area (Å²) >= 11 is 0. The van der Waals surface area contributed by atoms with Gasteiger partial charge in [-0.05, 0) is 50.1 Å². The summed E-state index contributed by atoms with van der Waals surface area (Å²) in [6.07, 6.45) is 2.23. The Bertz CT molecular complexity index is 738. The van der Waals surface area contributed by atoms with E-state index in [-0.39, 0.29) is 12.4 Å². The van der Waals surface area contributed by atoms with Crippen LogP contribution in [0.3, 0.4) is 0 Å². The number of benzene rings is 2. The van der Waals surface area contributed by atoms with E-state index in [1.165, 1.54) is 6.07 Å². The lowest BCUT2D eigenvalue weighted by molar-refractivity contribution is 0.181. The van der Waals surface area contributed by atoms with E-state index in [4.69, 9.17) is 4.74 Å². The fourth-order valence-corrected chi connectivity index (χ4v) is 3.66. The summed E-state index contributed by atoms with van der Waals surface area (Å²) in [4.78, 5) is 2.32. The van der Waals surface area contributed by atoms with Gasteiger partial charge in [-0.15, -0.1) is 0 Å². The van der Waals surface area contributed by atoms with Crippen LogP contribution in [0.4, 0.5) is 4.39 Å². The lowest BCUT2D eigenvalue weighted by Gasteiger charge is -2.33. The van der Waals surface area contributed by atoms with Crippen molar-refractivity contribution in [1.29, 1.82) is 0 Å². The van der Waals surface area contributed by atoms with Crippen molar-refractivity contribution in [1.82, 2.24) is 10.2 Å². The molecular formula is C22H29FN2O2. The Morgan fingerprint density at radius 2 is 2.07 bits per heavy atom. The molecule has 1 heterocycles. The Hall–Kier alpha value is -1.95. The number of rotatable bonds is 8. The topological polar surface area (TPSA) is 44.7 Å². The summed E-state index contributed by atoms with van der Waals surface area (Å²) in [5.41, 5.74) is 2.71. The number of nitrogens with one attached hydrogen (secondary N) is 1. The number of piperidine rings is 1. The first-order valence-corrected chi connectivity index (χ1v) is 9.74. The Morgan fingerprint density at radius 3 is 2.85 bits per heavy atom. The molecule has 2 aromatic rings. The molecule has 0 saturated carbocycles. The van der Waals surface area contributed by atoms with E-state index in [0.717, 1.165) is 54.9 Å². The first-order chi connectivity index (χ1) is 13.2. The zero-order chi connectivity index (χ0) is 19.1. The maximum absolute atomic E-state index is 13.9. The number of nitrogens with zero attached hydrogens (tertiary/aromatic N) is 1. The van der Waals surface area contributed by atoms with Gasteiger partial charge in [0.25, 0.3) is 0 Å². The van der Waals surface area contributed by atoms with Gasteiger partial charge < -0.3 is 15.2 Å². The van der Waals surface area contributed by atoms with Crippen molar-refractivity contribution >= 4 is 0 Å². The summed E-state index contributed by atoms with van der Waals surface area (Å²) in [5, 5.41) is 13.2. The maximum Gasteiger partial charge on any atom is 0.127 e. The minimum atomic E-state index is -0.126. The van der Waals surface area contributed by atoms with Crippen LogP contribution in [-0.4, -0.2) is 35.7 Å². The van der Waals surface area contributed by atoms with Crippen molar-refractivity contribution in [2.45, 2.75) is 45.5 Å². The van der Waals surface area contributed by atoms with Gasteiger partial charge in [0.15, 0.2) is 0 Å². The van der Waals surface area contributed by atoms with Crippen LogP contribution < -0.4 is 10.1 Å². The molecule has 0 aliphatic carbocycles. The Morgan fingerprint density at radius 1 is 1.22 bits per heavy atom. The van der Waals surface area contributed by atoms with Crippen LogP contribution in [0.5, 0.6) is 5.75 Å². The van der Waals surface area contributed by atoms with E-state index in [0.29, 0.717) is 19.2 Å². The van der Waals surface area contributed by atoms with Crippen LogP contribution >= 0.6 is 0 Å². The molecule has 1 fully saturated rings. The highest BCUT2D eigenvalue weighted by Gasteiger charge is 2.20. The third-order valence-corrected chi connectivity index (χ3v) is 5.05. The van der Waals surface area contributed by atoms with Crippen molar-refractivity contribution in [2.24, 2.45) is 0 Å². The number of hydrogen-bond acceptors (Lipinski definition) is 4. The van der Waals surface area contributed by atoms with Gasteiger partial charge in [0.2, 0.25) is 0 Å². The lowest BCUT2D eigenvalue weighted by atomic mass is 10.0. The molecule has 1 atom stereocenters. The largest absolute Gasteiger partial charge is 0.494 e. The van der Waals surface area contributed by atoms with E-state index < -0.39 is 0 Å². The van der Waals surface area contributed by atoms with Crippen molar-refractivity contribution in [2.75, 3.05) is 19.7 Å². The molecule has 1 aliphatic heterocycles. The number of likely N-dealkylation sites (tertiary alicyclic amines) is 1. The fourth-order valence-electron chi connectivity index (χ4n) is 3.66. The van der Waals surface area contributed by atoms with Crippen LogP contribution in [-0.2, 0) is 19.7 Å². The third kappa shape index (κ3) is 5.51. The second-order valence-corrected chi connectivity index (χ2v) is 7.08. The van der Waals surface area contributed by atoms with Gasteiger partial charge in [-0.1, -0.05) is 24.3 Å². The molecule has 4 nitrogen and oxygen atoms in total. The van der Waals surface area contributed by atoms with Crippen molar-refractivity contribution in [3.8, 4) is 5.75 Å². The molecule has 5 heteroatoms. The highest BCUT2D eigenvalue weighted by Crippen LogP contribution is 2.21. The smallest absolute Gasteiger partial charge is 0.127 e. The molecule has 27 heavy (non-hydrogen) atoms. The third-order valence-electron chi connectivity index (χ3n) is 5.05. The molecule has 1 saturated heterocycles. The van der Waals surface area contributed by atoms with Gasteiger partial charge in [0, 0.05) is 36.8 Å². The molecule has 0 bridgehead atoms. The molecule has 0 spiro atoms. The number of hydrogen-bond donors (Lipinski definition) is 2. The molecule has 146 valence electrons. The molecule has 2 aromatic carbocycles. The Balaban J connectivity index is 1.54. The zero-order valence-corrected chi connectivity index (χ0v) is 16.0. The highest BCUT2D eigenvalue weighted by atomic mass is 19.1. The van der Waals surface area contributed by atoms with Crippen molar-refractivity contribution in [3.63, 3.8) is 0 Å². The van der Waals surface area contributed by atoms with E-state index >= 15 is 0 Å². The number of aliphatic hydroxyl groups excluding tert-OH is 1. The van der Waals surface area contributed by atoms with Gasteiger partial charge >= 0.3 is 0 Å². The van der Waals surface area contributed by atoms with Gasteiger partial charge in [0.05, 0.1) is 13.2 Å². The number of ether oxygens (including phenoxy) is 1. The average Bonchev–Trinajstić information content (AvgIpc) is 2.69. The Labute approximate surface area is 161 Å². The average molecular weight is 372 g/mol. The monoisotopic (exact) mass is 372 g/mol. The van der Waals surface area contributed by atoms with Crippen molar-refractivity contribution in [3.05, 3.63) is 65.0 Å². The highest BCUT2D eigenvalue weighted by molar-refractivity contribution is 5.37. The second kappa shape index (κ2) is 9.83. The molecule has 3 rings (SSSR count). The summed E-state index contributed by atoms with van der Waals surface area (Å²) in [6, 6.07) is 13.4. The molecular weight excluding hydrogens is 343 g/mol. The normalized spacial score (nSPS) is 17.8. The van der Waals surface area contributed by atoms with Crippen molar-refractivity contribution < 1.29 is 14.2 Å². The molecule has 0 amide bonds. The molecule has 2 N–H and O–H groups in total. The van der Waals surface area contributed by atoms with Crippen LogP contribution in [0.2, 0.25) is 0 Å². The maximum atomic E-state index is 13.9. The van der Waals surface area contributed by atoms with Gasteiger partial charge in [-0.2, -0.15) is 0 Å². The van der Waals surface area contributed by atoms with Crippen LogP contribution in [0, 0.1) is 5.82 Å². The van der Waals surface area contributed by atoms with E-state index in [9.17, 15) is 9.50 Å². The number of aliphatic hydroxyl groups is 1. The van der Waals surface area contributed by atoms with E-state index in [1.54, 1.807) is 6.07 Å². The van der Waals surface area contributed by atoms with Crippen LogP contribution in [0.15, 0.2) is 42.5 Å². The predicted octanol–water partition coefficient (Wildman–Crippen LogP) is 3.47. The van der Waals surface area contributed by atoms with Gasteiger partial charge in [-0.25, -0.2) is 4.39 Å². The van der Waals surface area contributed by atoms with Crippen LogP contribution in [0.25, 0.3) is 0 Å². The lowest BCUT2D eigenvalue weighted by Crippen LogP contribution is -2.45. The van der Waals surface area contributed by atoms with E-state index in [1.807, 2.05) is 37.3 Å². The molecule has 0 radical (unpaired) electrons. The zero-order valence-electron chi connectivity index (χ0n) is 16.0. The first-order valence-electron chi connectivity index (χ1n) is 9.74. The minimum absolute atomic E-state index is 0.0248. The van der Waals surface area contributed by atoms with Gasteiger partial charge in [0.1, 0.15) is 11.6 Å². The number of halogens is 1. The summed E-state index contributed by atoms with van der Waals surface area (Å²) < 4.78 is 19.4.